The van der Waals surface area contributed by atoms with Crippen molar-refractivity contribution in [2.75, 3.05) is 18.8 Å². The van der Waals surface area contributed by atoms with Crippen LogP contribution in [-0.4, -0.2) is 35.6 Å². The van der Waals surface area contributed by atoms with Gasteiger partial charge in [-0.2, -0.15) is 5.26 Å². The van der Waals surface area contributed by atoms with Crippen LogP contribution in [-0.2, 0) is 9.59 Å². The molecule has 20 heavy (non-hydrogen) atoms. The Labute approximate surface area is 121 Å². The quantitative estimate of drug-likeness (QED) is 0.906. The Kier molecular flexibility index (Phi) is 4.64. The molecule has 2 rings (SSSR count). The summed E-state index contributed by atoms with van der Waals surface area (Å²) in [7, 11) is 0. The standard InChI is InChI=1S/C14H15N3O2S/c1-10(18)16-6-7-17-13(19)9-20-14(17)12-4-2-11(8-15)3-5-12/h2-5,14H,6-7,9H2,1H3,(H,16,18). The monoisotopic (exact) mass is 289 g/mol. The van der Waals surface area contributed by atoms with Crippen LogP contribution in [0.4, 0.5) is 0 Å². The molecule has 104 valence electrons. The summed E-state index contributed by atoms with van der Waals surface area (Å²) in [6.45, 7) is 2.41. The van der Waals surface area contributed by atoms with Gasteiger partial charge in [0.05, 0.1) is 17.4 Å². The Morgan fingerprint density at radius 2 is 2.20 bits per heavy atom. The van der Waals surface area contributed by atoms with Crippen molar-refractivity contribution < 1.29 is 9.59 Å². The molecular weight excluding hydrogens is 274 g/mol. The molecule has 0 aromatic heterocycles. The maximum atomic E-state index is 11.9. The number of nitrogens with one attached hydrogen (secondary N) is 1. The smallest absolute Gasteiger partial charge is 0.233 e. The van der Waals surface area contributed by atoms with E-state index in [1.165, 1.54) is 6.92 Å². The molecule has 0 bridgehead atoms. The van der Waals surface area contributed by atoms with Crippen LogP contribution in [0.2, 0.25) is 0 Å². The molecule has 1 aliphatic heterocycles. The van der Waals surface area contributed by atoms with Crippen molar-refractivity contribution in [2.45, 2.75) is 12.3 Å². The summed E-state index contributed by atoms with van der Waals surface area (Å²) in [5.41, 5.74) is 1.61. The minimum Gasteiger partial charge on any atom is -0.355 e. The lowest BCUT2D eigenvalue weighted by molar-refractivity contribution is -0.128. The van der Waals surface area contributed by atoms with Gasteiger partial charge in [0.25, 0.3) is 0 Å². The molecule has 6 heteroatoms. The average molecular weight is 289 g/mol. The van der Waals surface area contributed by atoms with E-state index in [2.05, 4.69) is 11.4 Å². The lowest BCUT2D eigenvalue weighted by Gasteiger charge is -2.24. The highest BCUT2D eigenvalue weighted by molar-refractivity contribution is 8.00. The Hall–Kier alpha value is -2.00. The van der Waals surface area contributed by atoms with Crippen molar-refractivity contribution in [3.05, 3.63) is 35.4 Å². The van der Waals surface area contributed by atoms with E-state index in [0.29, 0.717) is 24.4 Å². The third-order valence-corrected chi connectivity index (χ3v) is 4.28. The van der Waals surface area contributed by atoms with Gasteiger partial charge in [-0.15, -0.1) is 11.8 Å². The van der Waals surface area contributed by atoms with Crippen molar-refractivity contribution in [3.8, 4) is 6.07 Å². The molecule has 1 N–H and O–H groups in total. The Morgan fingerprint density at radius 3 is 2.80 bits per heavy atom. The lowest BCUT2D eigenvalue weighted by atomic mass is 10.1. The van der Waals surface area contributed by atoms with Gasteiger partial charge in [0.15, 0.2) is 0 Å². The van der Waals surface area contributed by atoms with Gasteiger partial charge in [-0.05, 0) is 17.7 Å². The first-order chi connectivity index (χ1) is 9.61. The molecule has 1 aromatic rings. The number of amides is 2. The molecule has 1 atom stereocenters. The van der Waals surface area contributed by atoms with Crippen LogP contribution >= 0.6 is 11.8 Å². The second-order valence-electron chi connectivity index (χ2n) is 4.47. The Morgan fingerprint density at radius 1 is 1.50 bits per heavy atom. The summed E-state index contributed by atoms with van der Waals surface area (Å²) in [4.78, 5) is 24.5. The van der Waals surface area contributed by atoms with E-state index in [9.17, 15) is 9.59 Å². The average Bonchev–Trinajstić information content (AvgIpc) is 2.80. The van der Waals surface area contributed by atoms with Crippen LogP contribution in [0.15, 0.2) is 24.3 Å². The van der Waals surface area contributed by atoms with Gasteiger partial charge in [0, 0.05) is 20.0 Å². The molecule has 2 amide bonds. The number of carbonyl (C=O) groups is 2. The van der Waals surface area contributed by atoms with Crippen LogP contribution in [0.3, 0.4) is 0 Å². The number of nitrogens with zero attached hydrogens (tertiary/aromatic N) is 2. The van der Waals surface area contributed by atoms with Gasteiger partial charge in [0.2, 0.25) is 11.8 Å². The zero-order valence-electron chi connectivity index (χ0n) is 11.1. The summed E-state index contributed by atoms with van der Waals surface area (Å²) < 4.78 is 0. The highest BCUT2D eigenvalue weighted by Crippen LogP contribution is 2.38. The van der Waals surface area contributed by atoms with Crippen LogP contribution < -0.4 is 5.32 Å². The van der Waals surface area contributed by atoms with Gasteiger partial charge in [-0.3, -0.25) is 9.59 Å². The highest BCUT2D eigenvalue weighted by Gasteiger charge is 2.32. The molecule has 1 fully saturated rings. The number of benzene rings is 1. The molecule has 1 unspecified atom stereocenters. The van der Waals surface area contributed by atoms with E-state index in [4.69, 9.17) is 5.26 Å². The van der Waals surface area contributed by atoms with E-state index >= 15 is 0 Å². The molecule has 1 saturated heterocycles. The molecule has 0 spiro atoms. The number of hydrogen-bond donors (Lipinski definition) is 1. The zero-order chi connectivity index (χ0) is 14.5. The fraction of sp³-hybridized carbons (Fsp3) is 0.357. The Balaban J connectivity index is 2.06. The first kappa shape index (κ1) is 14.4. The number of carbonyl (C=O) groups excluding carboxylic acids is 2. The highest BCUT2D eigenvalue weighted by atomic mass is 32.2. The number of hydrogen-bond acceptors (Lipinski definition) is 4. The van der Waals surface area contributed by atoms with Crippen LogP contribution in [0.5, 0.6) is 0 Å². The fourth-order valence-corrected chi connectivity index (χ4v) is 3.27. The van der Waals surface area contributed by atoms with Gasteiger partial charge in [-0.1, -0.05) is 12.1 Å². The number of thioether (sulfide) groups is 1. The molecule has 1 aliphatic rings. The van der Waals surface area contributed by atoms with Crippen LogP contribution in [0.25, 0.3) is 0 Å². The Bertz CT molecular complexity index is 551. The fourth-order valence-electron chi connectivity index (χ4n) is 2.05. The topological polar surface area (TPSA) is 73.2 Å². The summed E-state index contributed by atoms with van der Waals surface area (Å²) in [6.07, 6.45) is 0. The second kappa shape index (κ2) is 6.44. The zero-order valence-corrected chi connectivity index (χ0v) is 11.9. The van der Waals surface area contributed by atoms with Crippen LogP contribution in [0, 0.1) is 11.3 Å². The molecular formula is C14H15N3O2S. The van der Waals surface area contributed by atoms with Gasteiger partial charge < -0.3 is 10.2 Å². The van der Waals surface area contributed by atoms with Crippen molar-refractivity contribution in [2.24, 2.45) is 0 Å². The van der Waals surface area contributed by atoms with E-state index in [-0.39, 0.29) is 17.2 Å². The summed E-state index contributed by atoms with van der Waals surface area (Å²) >= 11 is 1.56. The largest absolute Gasteiger partial charge is 0.355 e. The van der Waals surface area contributed by atoms with Crippen molar-refractivity contribution >= 4 is 23.6 Å². The third-order valence-electron chi connectivity index (χ3n) is 3.02. The summed E-state index contributed by atoms with van der Waals surface area (Å²) in [6, 6.07) is 9.34. The van der Waals surface area contributed by atoms with Gasteiger partial charge >= 0.3 is 0 Å². The van der Waals surface area contributed by atoms with Crippen molar-refractivity contribution in [3.63, 3.8) is 0 Å². The maximum absolute atomic E-state index is 11.9. The number of rotatable bonds is 4. The molecule has 5 nitrogen and oxygen atoms in total. The first-order valence-corrected chi connectivity index (χ1v) is 7.32. The first-order valence-electron chi connectivity index (χ1n) is 6.27. The molecule has 1 heterocycles. The van der Waals surface area contributed by atoms with Crippen LogP contribution in [0.1, 0.15) is 23.4 Å². The van der Waals surface area contributed by atoms with Crippen molar-refractivity contribution in [1.82, 2.24) is 10.2 Å². The minimum absolute atomic E-state index is 0.0380. The van der Waals surface area contributed by atoms with E-state index < -0.39 is 0 Å². The maximum Gasteiger partial charge on any atom is 0.233 e. The SMILES string of the molecule is CC(=O)NCCN1C(=O)CSC1c1ccc(C#N)cc1. The van der Waals surface area contributed by atoms with Gasteiger partial charge in [0.1, 0.15) is 5.37 Å². The second-order valence-corrected chi connectivity index (χ2v) is 5.54. The van der Waals surface area contributed by atoms with Crippen molar-refractivity contribution in [1.29, 1.82) is 5.26 Å². The predicted octanol–water partition coefficient (Wildman–Crippen LogP) is 1.27. The van der Waals surface area contributed by atoms with E-state index in [1.807, 2.05) is 12.1 Å². The predicted molar refractivity (Wildman–Crippen MR) is 76.8 cm³/mol. The third kappa shape index (κ3) is 3.31. The molecule has 0 radical (unpaired) electrons. The lowest BCUT2D eigenvalue weighted by Crippen LogP contribution is -2.36. The molecule has 0 aliphatic carbocycles. The van der Waals surface area contributed by atoms with E-state index in [0.717, 1.165) is 5.56 Å². The molecule has 1 aromatic carbocycles. The normalized spacial score (nSPS) is 17.9. The summed E-state index contributed by atoms with van der Waals surface area (Å²) in [5, 5.41) is 11.5. The van der Waals surface area contributed by atoms with E-state index in [1.54, 1.807) is 28.8 Å². The minimum atomic E-state index is -0.0979. The number of nitriles is 1. The molecule has 0 saturated carbocycles. The van der Waals surface area contributed by atoms with Gasteiger partial charge in [-0.25, -0.2) is 0 Å². The summed E-state index contributed by atoms with van der Waals surface area (Å²) in [5.74, 6) is 0.430.